The van der Waals surface area contributed by atoms with Gasteiger partial charge in [0.25, 0.3) is 0 Å². The minimum absolute atomic E-state index is 0.829. The van der Waals surface area contributed by atoms with Crippen molar-refractivity contribution in [3.05, 3.63) is 65.9 Å². The van der Waals surface area contributed by atoms with Crippen LogP contribution in [0.3, 0.4) is 0 Å². The van der Waals surface area contributed by atoms with Gasteiger partial charge in [0, 0.05) is 11.8 Å². The van der Waals surface area contributed by atoms with Gasteiger partial charge < -0.3 is 0 Å². The maximum absolute atomic E-state index is 4.74. The molecule has 2 aromatic rings. The lowest BCUT2D eigenvalue weighted by atomic mass is 9.79. The molecule has 1 aromatic carbocycles. The molecule has 3 rings (SSSR count). The zero-order valence-corrected chi connectivity index (χ0v) is 22.1. The van der Waals surface area contributed by atoms with E-state index in [1.807, 2.05) is 0 Å². The van der Waals surface area contributed by atoms with Crippen LogP contribution >= 0.6 is 0 Å². The van der Waals surface area contributed by atoms with Crippen LogP contribution in [0, 0.1) is 11.8 Å². The number of pyridine rings is 1. The van der Waals surface area contributed by atoms with Crippen molar-refractivity contribution in [1.82, 2.24) is 4.98 Å². The van der Waals surface area contributed by atoms with E-state index in [1.54, 1.807) is 0 Å². The van der Waals surface area contributed by atoms with Crippen LogP contribution in [-0.4, -0.2) is 4.98 Å². The van der Waals surface area contributed by atoms with Crippen molar-refractivity contribution in [3.8, 4) is 11.3 Å². The fourth-order valence-corrected chi connectivity index (χ4v) is 5.41. The van der Waals surface area contributed by atoms with Gasteiger partial charge in [-0.15, -0.1) is 0 Å². The minimum Gasteiger partial charge on any atom is -0.256 e. The Morgan fingerprint density at radius 1 is 0.735 bits per heavy atom. The maximum atomic E-state index is 4.74. The summed E-state index contributed by atoms with van der Waals surface area (Å²) in [7, 11) is 0. The van der Waals surface area contributed by atoms with Crippen LogP contribution < -0.4 is 0 Å². The number of hydrogen-bond donors (Lipinski definition) is 0. The summed E-state index contributed by atoms with van der Waals surface area (Å²) < 4.78 is 0. The van der Waals surface area contributed by atoms with Crippen LogP contribution in [0.5, 0.6) is 0 Å². The zero-order chi connectivity index (χ0) is 23.8. The highest BCUT2D eigenvalue weighted by molar-refractivity contribution is 5.59. The molecule has 0 bridgehead atoms. The average molecular weight is 460 g/mol. The van der Waals surface area contributed by atoms with Crippen molar-refractivity contribution < 1.29 is 0 Å². The fraction of sp³-hybridized carbons (Fsp3) is 0.606. The molecule has 1 saturated carbocycles. The Kier molecular flexibility index (Phi) is 12.5. The molecule has 0 N–H and O–H groups in total. The second kappa shape index (κ2) is 15.9. The second-order valence-electron chi connectivity index (χ2n) is 10.7. The molecule has 0 spiro atoms. The highest BCUT2D eigenvalue weighted by Gasteiger charge is 2.18. The fourth-order valence-electron chi connectivity index (χ4n) is 5.41. The minimum atomic E-state index is 0.829. The van der Waals surface area contributed by atoms with Gasteiger partial charge in [0.05, 0.1) is 5.69 Å². The van der Waals surface area contributed by atoms with Crippen molar-refractivity contribution in [2.24, 2.45) is 11.8 Å². The number of unbranched alkanes of at least 4 members (excludes halogenated alkanes) is 6. The predicted octanol–water partition coefficient (Wildman–Crippen LogP) is 10.1. The summed E-state index contributed by atoms with van der Waals surface area (Å²) in [6.45, 7) is 4.58. The summed E-state index contributed by atoms with van der Waals surface area (Å²) in [4.78, 5) is 4.74. The molecule has 186 valence electrons. The molecule has 34 heavy (non-hydrogen) atoms. The Morgan fingerprint density at radius 2 is 1.44 bits per heavy atom. The molecular formula is C33H49N. The van der Waals surface area contributed by atoms with E-state index in [2.05, 4.69) is 68.6 Å². The van der Waals surface area contributed by atoms with E-state index in [0.29, 0.717) is 0 Å². The quantitative estimate of drug-likeness (QED) is 0.191. The first kappa shape index (κ1) is 26.7. The van der Waals surface area contributed by atoms with Crippen LogP contribution in [0.1, 0.15) is 115 Å². The number of hydrogen-bond acceptors (Lipinski definition) is 1. The number of benzene rings is 1. The van der Waals surface area contributed by atoms with E-state index < -0.39 is 0 Å². The van der Waals surface area contributed by atoms with Crippen molar-refractivity contribution in [2.75, 3.05) is 0 Å². The number of allylic oxidation sites excluding steroid dienone is 2. The molecule has 0 saturated heterocycles. The number of nitrogens with zero attached hydrogens (tertiary/aromatic N) is 1. The van der Waals surface area contributed by atoms with E-state index in [1.165, 1.54) is 100 Å². The Labute approximate surface area is 210 Å². The number of rotatable bonds is 15. The summed E-state index contributed by atoms with van der Waals surface area (Å²) in [6, 6.07) is 13.5. The second-order valence-corrected chi connectivity index (χ2v) is 10.7. The van der Waals surface area contributed by atoms with Crippen LogP contribution in [0.25, 0.3) is 11.3 Å². The van der Waals surface area contributed by atoms with E-state index in [4.69, 9.17) is 4.98 Å². The van der Waals surface area contributed by atoms with Gasteiger partial charge in [0.2, 0.25) is 0 Å². The van der Waals surface area contributed by atoms with Gasteiger partial charge in [-0.25, -0.2) is 0 Å². The number of aryl methyl sites for hydroxylation is 2. The first-order valence-corrected chi connectivity index (χ1v) is 14.5. The third-order valence-corrected chi connectivity index (χ3v) is 7.76. The SMILES string of the molecule is CCCCCCCc1ccc(-c2ccc(CC/C=C/[C@H]3CC[C@H](CCCCC)CC3)cc2)nc1. The number of aromatic nitrogens is 1. The Bertz CT molecular complexity index is 793. The summed E-state index contributed by atoms with van der Waals surface area (Å²) in [5, 5.41) is 0. The third kappa shape index (κ3) is 9.77. The molecule has 0 unspecified atom stereocenters. The lowest BCUT2D eigenvalue weighted by Crippen LogP contribution is -2.13. The summed E-state index contributed by atoms with van der Waals surface area (Å²) in [5.41, 5.74) is 5.11. The maximum Gasteiger partial charge on any atom is 0.0702 e. The van der Waals surface area contributed by atoms with Gasteiger partial charge in [0.15, 0.2) is 0 Å². The molecule has 0 aliphatic heterocycles. The molecule has 1 fully saturated rings. The topological polar surface area (TPSA) is 12.9 Å². The standard InChI is InChI=1S/C33H49N/c1-3-5-7-8-10-16-31-23-26-33(34-27-31)32-24-21-30(22-25-32)15-12-11-14-29-19-17-28(18-20-29)13-9-6-4-2/h11,14,21-29H,3-10,12-13,15-20H2,1-2H3/b14-11+/t28-,29-. The summed E-state index contributed by atoms with van der Waals surface area (Å²) >= 11 is 0. The molecule has 1 heteroatoms. The first-order chi connectivity index (χ1) is 16.8. The largest absolute Gasteiger partial charge is 0.256 e. The van der Waals surface area contributed by atoms with E-state index in [9.17, 15) is 0 Å². The predicted molar refractivity (Wildman–Crippen MR) is 149 cm³/mol. The van der Waals surface area contributed by atoms with Gasteiger partial charge in [-0.3, -0.25) is 4.98 Å². The molecule has 1 aromatic heterocycles. The average Bonchev–Trinajstić information content (AvgIpc) is 2.88. The lowest BCUT2D eigenvalue weighted by Gasteiger charge is -2.26. The van der Waals surface area contributed by atoms with E-state index in [-0.39, 0.29) is 0 Å². The Hall–Kier alpha value is -1.89. The molecule has 1 nitrogen and oxygen atoms in total. The molecule has 0 radical (unpaired) electrons. The van der Waals surface area contributed by atoms with E-state index in [0.717, 1.165) is 36.8 Å². The summed E-state index contributed by atoms with van der Waals surface area (Å²) in [5.74, 6) is 1.84. The normalized spacial score (nSPS) is 18.5. The van der Waals surface area contributed by atoms with E-state index >= 15 is 0 Å². The molecule has 0 amide bonds. The Morgan fingerprint density at radius 3 is 2.15 bits per heavy atom. The molecule has 0 atom stereocenters. The highest BCUT2D eigenvalue weighted by Crippen LogP contribution is 2.32. The lowest BCUT2D eigenvalue weighted by molar-refractivity contribution is 0.289. The van der Waals surface area contributed by atoms with Crippen LogP contribution in [0.15, 0.2) is 54.7 Å². The summed E-state index contributed by atoms with van der Waals surface area (Å²) in [6.07, 6.45) is 28.6. The molecule has 1 aliphatic rings. The zero-order valence-electron chi connectivity index (χ0n) is 22.1. The van der Waals surface area contributed by atoms with Gasteiger partial charge >= 0.3 is 0 Å². The van der Waals surface area contributed by atoms with Crippen molar-refractivity contribution in [1.29, 1.82) is 0 Å². The third-order valence-electron chi connectivity index (χ3n) is 7.76. The van der Waals surface area contributed by atoms with Gasteiger partial charge in [-0.1, -0.05) is 108 Å². The van der Waals surface area contributed by atoms with Crippen molar-refractivity contribution in [3.63, 3.8) is 0 Å². The van der Waals surface area contributed by atoms with Crippen LogP contribution in [-0.2, 0) is 12.8 Å². The highest BCUT2D eigenvalue weighted by atomic mass is 14.7. The smallest absolute Gasteiger partial charge is 0.0702 e. The molecule has 1 heterocycles. The molecule has 1 aliphatic carbocycles. The van der Waals surface area contributed by atoms with Gasteiger partial charge in [-0.2, -0.15) is 0 Å². The molecular weight excluding hydrogens is 410 g/mol. The van der Waals surface area contributed by atoms with Crippen LogP contribution in [0.2, 0.25) is 0 Å². The van der Waals surface area contributed by atoms with Crippen molar-refractivity contribution >= 4 is 0 Å². The Balaban J connectivity index is 1.35. The first-order valence-electron chi connectivity index (χ1n) is 14.5. The van der Waals surface area contributed by atoms with Crippen LogP contribution in [0.4, 0.5) is 0 Å². The monoisotopic (exact) mass is 459 g/mol. The van der Waals surface area contributed by atoms with Gasteiger partial charge in [0.1, 0.15) is 0 Å². The van der Waals surface area contributed by atoms with Gasteiger partial charge in [-0.05, 0) is 80.4 Å². The van der Waals surface area contributed by atoms with Crippen molar-refractivity contribution in [2.45, 2.75) is 117 Å².